The number of para-hydroxylation sites is 2. The van der Waals surface area contributed by atoms with Crippen molar-refractivity contribution in [3.63, 3.8) is 0 Å². The molecular formula is C17H16N4O. The number of anilines is 1. The molecule has 0 radical (unpaired) electrons. The average Bonchev–Trinajstić information content (AvgIpc) is 2.89. The fraction of sp³-hybridized carbons (Fsp3) is 0.176. The highest BCUT2D eigenvalue weighted by molar-refractivity contribution is 5.81. The molecule has 0 aliphatic carbocycles. The molecule has 0 atom stereocenters. The summed E-state index contributed by atoms with van der Waals surface area (Å²) in [5.41, 5.74) is 9.27. The Morgan fingerprint density at radius 1 is 1.27 bits per heavy atom. The molecule has 1 aromatic heterocycles. The summed E-state index contributed by atoms with van der Waals surface area (Å²) in [7, 11) is 0. The Labute approximate surface area is 128 Å². The maximum absolute atomic E-state index is 9.09. The van der Waals surface area contributed by atoms with Gasteiger partial charge in [-0.25, -0.2) is 4.98 Å². The molecule has 0 saturated heterocycles. The Hall–Kier alpha value is -3.00. The van der Waals surface area contributed by atoms with E-state index in [9.17, 15) is 0 Å². The van der Waals surface area contributed by atoms with Gasteiger partial charge in [0.15, 0.2) is 0 Å². The second kappa shape index (κ2) is 5.78. The predicted octanol–water partition coefficient (Wildman–Crippen LogP) is 3.21. The van der Waals surface area contributed by atoms with Crippen LogP contribution in [0.15, 0.2) is 42.5 Å². The van der Waals surface area contributed by atoms with Crippen LogP contribution in [0.4, 0.5) is 5.69 Å². The molecular weight excluding hydrogens is 276 g/mol. The summed E-state index contributed by atoms with van der Waals surface area (Å²) in [4.78, 5) is 4.63. The fourth-order valence-corrected chi connectivity index (χ4v) is 2.50. The van der Waals surface area contributed by atoms with Crippen LogP contribution in [0.1, 0.15) is 6.92 Å². The number of ether oxygens (including phenoxy) is 1. The first-order chi connectivity index (χ1) is 10.7. The molecule has 5 nitrogen and oxygen atoms in total. The van der Waals surface area contributed by atoms with Crippen molar-refractivity contribution >= 4 is 16.7 Å². The van der Waals surface area contributed by atoms with E-state index < -0.39 is 0 Å². The zero-order valence-corrected chi connectivity index (χ0v) is 12.3. The van der Waals surface area contributed by atoms with E-state index >= 15 is 0 Å². The van der Waals surface area contributed by atoms with Crippen LogP contribution in [0.2, 0.25) is 0 Å². The van der Waals surface area contributed by atoms with Gasteiger partial charge in [-0.15, -0.1) is 0 Å². The van der Waals surface area contributed by atoms with E-state index in [-0.39, 0.29) is 6.54 Å². The Kier molecular flexibility index (Phi) is 3.67. The lowest BCUT2D eigenvalue weighted by atomic mass is 10.1. The van der Waals surface area contributed by atoms with Gasteiger partial charge in [0.2, 0.25) is 0 Å². The fourth-order valence-electron chi connectivity index (χ4n) is 2.50. The Morgan fingerprint density at radius 3 is 2.82 bits per heavy atom. The standard InChI is InChI=1S/C17H16N4O/c1-2-22-16-8-7-12(11-13(16)19)17-20-14-5-3-4-6-15(14)21(17)10-9-18/h3-8,11H,2,10,19H2,1H3. The normalized spacial score (nSPS) is 10.5. The molecule has 3 rings (SSSR count). The van der Waals surface area contributed by atoms with E-state index in [0.717, 1.165) is 22.4 Å². The molecule has 2 aromatic carbocycles. The number of rotatable bonds is 4. The number of hydrogen-bond acceptors (Lipinski definition) is 4. The summed E-state index contributed by atoms with van der Waals surface area (Å²) in [6.45, 7) is 2.72. The summed E-state index contributed by atoms with van der Waals surface area (Å²) < 4.78 is 7.35. The SMILES string of the molecule is CCOc1ccc(-c2nc3ccccc3n2CC#N)cc1N. The maximum atomic E-state index is 9.09. The van der Waals surface area contributed by atoms with E-state index in [1.165, 1.54) is 0 Å². The van der Waals surface area contributed by atoms with Gasteiger partial charge in [0.25, 0.3) is 0 Å². The van der Waals surface area contributed by atoms with E-state index in [1.807, 2.05) is 54.0 Å². The first-order valence-corrected chi connectivity index (χ1v) is 7.09. The van der Waals surface area contributed by atoms with Gasteiger partial charge >= 0.3 is 0 Å². The van der Waals surface area contributed by atoms with Crippen molar-refractivity contribution in [2.75, 3.05) is 12.3 Å². The highest BCUT2D eigenvalue weighted by atomic mass is 16.5. The lowest BCUT2D eigenvalue weighted by Crippen LogP contribution is -2.01. The second-order valence-electron chi connectivity index (χ2n) is 4.85. The van der Waals surface area contributed by atoms with Gasteiger partial charge in [0.05, 0.1) is 29.4 Å². The number of nitriles is 1. The summed E-state index contributed by atoms with van der Waals surface area (Å²) in [6, 6.07) is 15.5. The number of aromatic nitrogens is 2. The van der Waals surface area contributed by atoms with Crippen LogP contribution >= 0.6 is 0 Å². The first kappa shape index (κ1) is 14.0. The first-order valence-electron chi connectivity index (χ1n) is 7.09. The highest BCUT2D eigenvalue weighted by Crippen LogP contribution is 2.30. The van der Waals surface area contributed by atoms with Crippen molar-refractivity contribution in [3.8, 4) is 23.2 Å². The molecule has 0 aliphatic rings. The molecule has 0 fully saturated rings. The van der Waals surface area contributed by atoms with Crippen LogP contribution in [0.3, 0.4) is 0 Å². The van der Waals surface area contributed by atoms with Crippen LogP contribution in [0.5, 0.6) is 5.75 Å². The average molecular weight is 292 g/mol. The van der Waals surface area contributed by atoms with Crippen LogP contribution in [-0.2, 0) is 6.54 Å². The Bertz CT molecular complexity index is 861. The van der Waals surface area contributed by atoms with E-state index in [0.29, 0.717) is 18.0 Å². The van der Waals surface area contributed by atoms with Crippen LogP contribution in [-0.4, -0.2) is 16.2 Å². The van der Waals surface area contributed by atoms with E-state index in [4.69, 9.17) is 15.7 Å². The summed E-state index contributed by atoms with van der Waals surface area (Å²) >= 11 is 0. The van der Waals surface area contributed by atoms with Crippen molar-refractivity contribution in [1.29, 1.82) is 5.26 Å². The molecule has 3 aromatic rings. The van der Waals surface area contributed by atoms with Gasteiger partial charge in [-0.2, -0.15) is 5.26 Å². The van der Waals surface area contributed by atoms with Crippen molar-refractivity contribution in [3.05, 3.63) is 42.5 Å². The summed E-state index contributed by atoms with van der Waals surface area (Å²) in [5, 5.41) is 9.09. The minimum Gasteiger partial charge on any atom is -0.492 e. The zero-order valence-electron chi connectivity index (χ0n) is 12.3. The van der Waals surface area contributed by atoms with Crippen molar-refractivity contribution in [1.82, 2.24) is 9.55 Å². The molecule has 5 heteroatoms. The number of nitrogen functional groups attached to an aromatic ring is 1. The maximum Gasteiger partial charge on any atom is 0.142 e. The molecule has 0 spiro atoms. The third-order valence-electron chi connectivity index (χ3n) is 3.45. The summed E-state index contributed by atoms with van der Waals surface area (Å²) in [5.74, 6) is 1.40. The zero-order chi connectivity index (χ0) is 15.5. The summed E-state index contributed by atoms with van der Waals surface area (Å²) in [6.07, 6.45) is 0. The number of fused-ring (bicyclic) bond motifs is 1. The molecule has 0 aliphatic heterocycles. The minimum absolute atomic E-state index is 0.239. The molecule has 22 heavy (non-hydrogen) atoms. The topological polar surface area (TPSA) is 76.9 Å². The van der Waals surface area contributed by atoms with Gasteiger partial charge in [0.1, 0.15) is 18.1 Å². The lowest BCUT2D eigenvalue weighted by molar-refractivity contribution is 0.342. The molecule has 110 valence electrons. The largest absolute Gasteiger partial charge is 0.492 e. The molecule has 0 saturated carbocycles. The molecule has 2 N–H and O–H groups in total. The van der Waals surface area contributed by atoms with Crippen LogP contribution in [0.25, 0.3) is 22.4 Å². The minimum atomic E-state index is 0.239. The van der Waals surface area contributed by atoms with Crippen molar-refractivity contribution in [2.45, 2.75) is 13.5 Å². The van der Waals surface area contributed by atoms with Gasteiger partial charge in [-0.1, -0.05) is 12.1 Å². The second-order valence-corrected chi connectivity index (χ2v) is 4.85. The number of nitrogens with two attached hydrogens (primary N) is 1. The monoisotopic (exact) mass is 292 g/mol. The molecule has 0 amide bonds. The molecule has 0 unspecified atom stereocenters. The van der Waals surface area contributed by atoms with Crippen LogP contribution < -0.4 is 10.5 Å². The van der Waals surface area contributed by atoms with Gasteiger partial charge in [-0.3, -0.25) is 0 Å². The van der Waals surface area contributed by atoms with Gasteiger partial charge in [0, 0.05) is 5.56 Å². The van der Waals surface area contributed by atoms with E-state index in [2.05, 4.69) is 11.1 Å². The van der Waals surface area contributed by atoms with Gasteiger partial charge < -0.3 is 15.0 Å². The number of imidazole rings is 1. The number of hydrogen-bond donors (Lipinski definition) is 1. The van der Waals surface area contributed by atoms with Crippen molar-refractivity contribution < 1.29 is 4.74 Å². The molecule has 1 heterocycles. The van der Waals surface area contributed by atoms with E-state index in [1.54, 1.807) is 0 Å². The molecule has 0 bridgehead atoms. The number of benzene rings is 2. The smallest absolute Gasteiger partial charge is 0.142 e. The Balaban J connectivity index is 2.15. The third-order valence-corrected chi connectivity index (χ3v) is 3.45. The highest BCUT2D eigenvalue weighted by Gasteiger charge is 2.13. The quantitative estimate of drug-likeness (QED) is 0.749. The Morgan fingerprint density at radius 2 is 2.09 bits per heavy atom. The van der Waals surface area contributed by atoms with Gasteiger partial charge in [-0.05, 0) is 37.3 Å². The lowest BCUT2D eigenvalue weighted by Gasteiger charge is -2.09. The van der Waals surface area contributed by atoms with Crippen molar-refractivity contribution in [2.24, 2.45) is 0 Å². The number of nitrogens with zero attached hydrogens (tertiary/aromatic N) is 3. The third kappa shape index (κ3) is 2.35. The predicted molar refractivity (Wildman–Crippen MR) is 86.4 cm³/mol. The van der Waals surface area contributed by atoms with Crippen LogP contribution in [0, 0.1) is 11.3 Å².